The topological polar surface area (TPSA) is 56.5 Å². The van der Waals surface area contributed by atoms with Crippen molar-refractivity contribution in [3.8, 4) is 0 Å². The molecule has 25 heavy (non-hydrogen) atoms. The Balaban J connectivity index is 1.57. The van der Waals surface area contributed by atoms with Gasteiger partial charge in [0, 0.05) is 5.75 Å². The molecule has 2 aromatic carbocycles. The number of rotatable bonds is 5. The molecule has 0 radical (unpaired) electrons. The van der Waals surface area contributed by atoms with E-state index in [9.17, 15) is 0 Å². The van der Waals surface area contributed by atoms with Gasteiger partial charge in [0.05, 0.1) is 6.54 Å². The molecule has 0 fully saturated rings. The maximum atomic E-state index is 4.40. The van der Waals surface area contributed by atoms with Crippen molar-refractivity contribution >= 4 is 22.9 Å². The van der Waals surface area contributed by atoms with Crippen LogP contribution in [0.5, 0.6) is 0 Å². The Morgan fingerprint density at radius 2 is 1.72 bits per heavy atom. The predicted octanol–water partition coefficient (Wildman–Crippen LogP) is 3.87. The van der Waals surface area contributed by atoms with Crippen molar-refractivity contribution in [1.82, 2.24) is 25.0 Å². The molecule has 0 saturated carbocycles. The summed E-state index contributed by atoms with van der Waals surface area (Å²) in [5.41, 5.74) is 5.23. The van der Waals surface area contributed by atoms with Crippen molar-refractivity contribution in [2.24, 2.45) is 0 Å². The SMILES string of the molecule is Cc1ccc(CSc2ncnc3c2nnn3Cc2ccccc2)cc1. The minimum atomic E-state index is 0.649. The van der Waals surface area contributed by atoms with Gasteiger partial charge in [-0.3, -0.25) is 0 Å². The Kier molecular flexibility index (Phi) is 4.43. The molecule has 4 rings (SSSR count). The van der Waals surface area contributed by atoms with Crippen LogP contribution in [0.25, 0.3) is 11.2 Å². The summed E-state index contributed by atoms with van der Waals surface area (Å²) >= 11 is 1.66. The normalized spacial score (nSPS) is 11.1. The number of fused-ring (bicyclic) bond motifs is 1. The molecule has 0 N–H and O–H groups in total. The summed E-state index contributed by atoms with van der Waals surface area (Å²) in [6.07, 6.45) is 1.59. The molecule has 124 valence electrons. The second-order valence-corrected chi connectivity index (χ2v) is 6.82. The van der Waals surface area contributed by atoms with Crippen LogP contribution in [0, 0.1) is 6.92 Å². The molecule has 0 unspecified atom stereocenters. The van der Waals surface area contributed by atoms with Gasteiger partial charge in [0.15, 0.2) is 11.2 Å². The number of nitrogens with zero attached hydrogens (tertiary/aromatic N) is 5. The van der Waals surface area contributed by atoms with E-state index in [1.807, 2.05) is 22.9 Å². The summed E-state index contributed by atoms with van der Waals surface area (Å²) in [5.74, 6) is 0.845. The second kappa shape index (κ2) is 7.03. The van der Waals surface area contributed by atoms with Gasteiger partial charge in [-0.25, -0.2) is 14.6 Å². The van der Waals surface area contributed by atoms with E-state index in [2.05, 4.69) is 63.6 Å². The first-order valence-corrected chi connectivity index (χ1v) is 9.04. The molecular weight excluding hydrogens is 330 g/mol. The molecule has 2 aromatic heterocycles. The molecular formula is C19H17N5S. The van der Waals surface area contributed by atoms with Crippen LogP contribution in [-0.2, 0) is 12.3 Å². The lowest BCUT2D eigenvalue weighted by Gasteiger charge is -2.04. The first-order chi connectivity index (χ1) is 12.3. The van der Waals surface area contributed by atoms with Gasteiger partial charge in [-0.05, 0) is 18.1 Å². The van der Waals surface area contributed by atoms with E-state index in [1.54, 1.807) is 18.1 Å². The molecule has 0 amide bonds. The number of hydrogen-bond donors (Lipinski definition) is 0. The van der Waals surface area contributed by atoms with Gasteiger partial charge >= 0.3 is 0 Å². The fraction of sp³-hybridized carbons (Fsp3) is 0.158. The molecule has 0 spiro atoms. The summed E-state index contributed by atoms with van der Waals surface area (Å²) in [7, 11) is 0. The highest BCUT2D eigenvalue weighted by atomic mass is 32.2. The number of thioether (sulfide) groups is 1. The van der Waals surface area contributed by atoms with Gasteiger partial charge in [-0.1, -0.05) is 77.1 Å². The zero-order valence-electron chi connectivity index (χ0n) is 13.8. The summed E-state index contributed by atoms with van der Waals surface area (Å²) in [6.45, 7) is 2.74. The maximum absolute atomic E-state index is 4.40. The minimum Gasteiger partial charge on any atom is -0.227 e. The molecule has 0 aliphatic carbocycles. The Labute approximate surface area is 150 Å². The van der Waals surface area contributed by atoms with Crippen molar-refractivity contribution in [2.45, 2.75) is 24.2 Å². The highest BCUT2D eigenvalue weighted by Gasteiger charge is 2.12. The van der Waals surface area contributed by atoms with E-state index in [1.165, 1.54) is 16.7 Å². The highest BCUT2D eigenvalue weighted by molar-refractivity contribution is 7.98. The standard InChI is InChI=1S/C19H17N5S/c1-14-7-9-16(10-8-14)12-25-19-17-18(20-13-21-19)24(23-22-17)11-15-5-3-2-4-6-15/h2-10,13H,11-12H2,1H3. The van der Waals surface area contributed by atoms with E-state index in [0.717, 1.165) is 21.9 Å². The third-order valence-electron chi connectivity index (χ3n) is 3.94. The Hall–Kier alpha value is -2.73. The smallest absolute Gasteiger partial charge is 0.183 e. The van der Waals surface area contributed by atoms with Crippen LogP contribution in [-0.4, -0.2) is 25.0 Å². The van der Waals surface area contributed by atoms with Crippen molar-refractivity contribution < 1.29 is 0 Å². The molecule has 4 aromatic rings. The molecule has 6 heteroatoms. The molecule has 0 aliphatic rings. The number of aromatic nitrogens is 5. The average Bonchev–Trinajstić information content (AvgIpc) is 3.06. The molecule has 2 heterocycles. The zero-order chi connectivity index (χ0) is 17.1. The van der Waals surface area contributed by atoms with Crippen LogP contribution in [0.1, 0.15) is 16.7 Å². The van der Waals surface area contributed by atoms with Crippen LogP contribution >= 0.6 is 11.8 Å². The predicted molar refractivity (Wildman–Crippen MR) is 99.4 cm³/mol. The molecule has 0 bridgehead atoms. The van der Waals surface area contributed by atoms with Crippen molar-refractivity contribution in [1.29, 1.82) is 0 Å². The molecule has 0 saturated heterocycles. The van der Waals surface area contributed by atoms with Crippen molar-refractivity contribution in [3.05, 3.63) is 77.6 Å². The van der Waals surface area contributed by atoms with Gasteiger partial charge in [0.1, 0.15) is 11.4 Å². The largest absolute Gasteiger partial charge is 0.227 e. The summed E-state index contributed by atoms with van der Waals surface area (Å²) in [5, 5.41) is 9.44. The van der Waals surface area contributed by atoms with E-state index in [0.29, 0.717) is 6.54 Å². The summed E-state index contributed by atoms with van der Waals surface area (Å²) < 4.78 is 1.82. The lowest BCUT2D eigenvalue weighted by molar-refractivity contribution is 0.664. The van der Waals surface area contributed by atoms with Crippen LogP contribution in [0.15, 0.2) is 66.0 Å². The first kappa shape index (κ1) is 15.8. The second-order valence-electron chi connectivity index (χ2n) is 5.86. The fourth-order valence-corrected chi connectivity index (χ4v) is 3.46. The van der Waals surface area contributed by atoms with Crippen LogP contribution in [0.3, 0.4) is 0 Å². The van der Waals surface area contributed by atoms with Gasteiger partial charge in [0.2, 0.25) is 0 Å². The molecule has 5 nitrogen and oxygen atoms in total. The quantitative estimate of drug-likeness (QED) is 0.405. The van der Waals surface area contributed by atoms with E-state index < -0.39 is 0 Å². The van der Waals surface area contributed by atoms with Crippen LogP contribution in [0.2, 0.25) is 0 Å². The minimum absolute atomic E-state index is 0.649. The summed E-state index contributed by atoms with van der Waals surface area (Å²) in [4.78, 5) is 8.77. The number of hydrogen-bond acceptors (Lipinski definition) is 5. The molecule has 0 atom stereocenters. The van der Waals surface area contributed by atoms with Crippen LogP contribution in [0.4, 0.5) is 0 Å². The van der Waals surface area contributed by atoms with Gasteiger partial charge in [-0.15, -0.1) is 5.10 Å². The third-order valence-corrected chi connectivity index (χ3v) is 4.99. The van der Waals surface area contributed by atoms with Gasteiger partial charge in [-0.2, -0.15) is 0 Å². The fourth-order valence-electron chi connectivity index (χ4n) is 2.58. The van der Waals surface area contributed by atoms with Crippen LogP contribution < -0.4 is 0 Å². The lowest BCUT2D eigenvalue weighted by Crippen LogP contribution is -2.02. The first-order valence-electron chi connectivity index (χ1n) is 8.06. The van der Waals surface area contributed by atoms with E-state index in [4.69, 9.17) is 0 Å². The number of benzene rings is 2. The number of aryl methyl sites for hydroxylation is 1. The summed E-state index contributed by atoms with van der Waals surface area (Å²) in [6, 6.07) is 18.7. The molecule has 0 aliphatic heterocycles. The van der Waals surface area contributed by atoms with Crippen molar-refractivity contribution in [3.63, 3.8) is 0 Å². The Morgan fingerprint density at radius 3 is 2.52 bits per heavy atom. The lowest BCUT2D eigenvalue weighted by atomic mass is 10.2. The van der Waals surface area contributed by atoms with E-state index >= 15 is 0 Å². The Morgan fingerprint density at radius 1 is 0.920 bits per heavy atom. The third kappa shape index (κ3) is 3.53. The Bertz CT molecular complexity index is 980. The highest BCUT2D eigenvalue weighted by Crippen LogP contribution is 2.26. The van der Waals surface area contributed by atoms with Crippen molar-refractivity contribution in [2.75, 3.05) is 0 Å². The monoisotopic (exact) mass is 347 g/mol. The maximum Gasteiger partial charge on any atom is 0.183 e. The van der Waals surface area contributed by atoms with E-state index in [-0.39, 0.29) is 0 Å². The zero-order valence-corrected chi connectivity index (χ0v) is 14.6. The van der Waals surface area contributed by atoms with Gasteiger partial charge in [0.25, 0.3) is 0 Å². The van der Waals surface area contributed by atoms with Gasteiger partial charge < -0.3 is 0 Å². The average molecular weight is 347 g/mol.